The molecular weight excluding hydrogens is 500 g/mol. The number of nitrogens with zero attached hydrogens (tertiary/aromatic N) is 1. The lowest BCUT2D eigenvalue weighted by Crippen LogP contribution is -2.54. The second kappa shape index (κ2) is 14.6. The number of hydrogen-bond acceptors (Lipinski definition) is 4. The van der Waals surface area contributed by atoms with Crippen LogP contribution in [0.4, 0.5) is 13.6 Å². The van der Waals surface area contributed by atoms with Crippen molar-refractivity contribution in [3.8, 4) is 0 Å². The molecule has 9 heteroatoms. The predicted molar refractivity (Wildman–Crippen MR) is 143 cm³/mol. The molecule has 1 aliphatic carbocycles. The highest BCUT2D eigenvalue weighted by Crippen LogP contribution is 2.42. The first kappa shape index (κ1) is 30.1. The summed E-state index contributed by atoms with van der Waals surface area (Å²) in [5.74, 6) is -0.523. The first-order valence-electron chi connectivity index (χ1n) is 13.8. The van der Waals surface area contributed by atoms with E-state index >= 15 is 4.39 Å². The van der Waals surface area contributed by atoms with Crippen LogP contribution in [0, 0.1) is 17.7 Å². The van der Waals surface area contributed by atoms with Crippen molar-refractivity contribution in [2.24, 2.45) is 11.8 Å². The molecule has 0 radical (unpaired) electrons. The second-order valence-corrected chi connectivity index (χ2v) is 11.2. The van der Waals surface area contributed by atoms with E-state index in [2.05, 4.69) is 10.6 Å². The van der Waals surface area contributed by atoms with Crippen LogP contribution in [-0.4, -0.2) is 68.6 Å². The maximum absolute atomic E-state index is 15.1. The number of methoxy groups -OCH3 is 1. The van der Waals surface area contributed by atoms with Gasteiger partial charge in [-0.3, -0.25) is 0 Å². The molecule has 1 saturated carbocycles. The van der Waals surface area contributed by atoms with Crippen molar-refractivity contribution < 1.29 is 23.4 Å². The highest BCUT2D eigenvalue weighted by Gasteiger charge is 2.43. The van der Waals surface area contributed by atoms with Crippen LogP contribution < -0.4 is 10.6 Å². The Morgan fingerprint density at radius 2 is 2.03 bits per heavy atom. The minimum absolute atomic E-state index is 0.0186. The van der Waals surface area contributed by atoms with Gasteiger partial charge in [-0.2, -0.15) is 0 Å². The molecule has 0 spiro atoms. The number of alkyl halides is 1. The molecule has 0 bridgehead atoms. The van der Waals surface area contributed by atoms with E-state index in [-0.39, 0.29) is 28.6 Å². The maximum Gasteiger partial charge on any atom is 0.317 e. The Morgan fingerprint density at radius 3 is 2.73 bits per heavy atom. The number of halogens is 3. The van der Waals surface area contributed by atoms with Crippen molar-refractivity contribution >= 4 is 17.6 Å². The molecule has 3 rings (SSSR count). The molecule has 2 amide bonds. The number of ether oxygens (including phenoxy) is 1. The molecule has 1 saturated heterocycles. The third-order valence-electron chi connectivity index (χ3n) is 8.13. The van der Waals surface area contributed by atoms with Crippen LogP contribution in [0.2, 0.25) is 5.02 Å². The molecule has 1 aliphatic heterocycles. The van der Waals surface area contributed by atoms with Crippen LogP contribution in [0.5, 0.6) is 0 Å². The Bertz CT molecular complexity index is 856. The van der Waals surface area contributed by atoms with Gasteiger partial charge in [-0.05, 0) is 83.2 Å². The molecule has 37 heavy (non-hydrogen) atoms. The van der Waals surface area contributed by atoms with Crippen LogP contribution in [0.15, 0.2) is 18.2 Å². The summed E-state index contributed by atoms with van der Waals surface area (Å²) < 4.78 is 33.9. The summed E-state index contributed by atoms with van der Waals surface area (Å²) in [4.78, 5) is 15.1. The lowest BCUT2D eigenvalue weighted by atomic mass is 9.74. The second-order valence-electron chi connectivity index (χ2n) is 10.8. The first-order valence-corrected chi connectivity index (χ1v) is 14.2. The van der Waals surface area contributed by atoms with Gasteiger partial charge >= 0.3 is 6.03 Å². The fourth-order valence-corrected chi connectivity index (χ4v) is 6.23. The Kier molecular flexibility index (Phi) is 11.9. The van der Waals surface area contributed by atoms with E-state index in [1.54, 1.807) is 24.1 Å². The van der Waals surface area contributed by atoms with Gasteiger partial charge in [0.05, 0.1) is 10.6 Å². The molecule has 210 valence electrons. The molecule has 1 aromatic carbocycles. The molecule has 2 fully saturated rings. The third kappa shape index (κ3) is 8.25. The maximum atomic E-state index is 15.1. The molecule has 6 nitrogen and oxygen atoms in total. The van der Waals surface area contributed by atoms with Gasteiger partial charge in [-0.25, -0.2) is 13.6 Å². The highest BCUT2D eigenvalue weighted by atomic mass is 35.5. The first-order chi connectivity index (χ1) is 17.8. The zero-order valence-corrected chi connectivity index (χ0v) is 23.0. The molecule has 1 heterocycles. The van der Waals surface area contributed by atoms with Crippen LogP contribution >= 0.6 is 11.6 Å². The summed E-state index contributed by atoms with van der Waals surface area (Å²) in [6, 6.07) is 4.52. The summed E-state index contributed by atoms with van der Waals surface area (Å²) in [6.07, 6.45) is 6.18. The lowest BCUT2D eigenvalue weighted by Gasteiger charge is -2.43. The van der Waals surface area contributed by atoms with E-state index in [4.69, 9.17) is 16.3 Å². The Labute approximate surface area is 225 Å². The number of likely N-dealkylation sites (tertiary alicyclic amines) is 1. The van der Waals surface area contributed by atoms with Gasteiger partial charge in [-0.1, -0.05) is 23.7 Å². The van der Waals surface area contributed by atoms with E-state index < -0.39 is 17.6 Å². The van der Waals surface area contributed by atoms with Crippen LogP contribution in [0.25, 0.3) is 0 Å². The van der Waals surface area contributed by atoms with Crippen molar-refractivity contribution in [2.75, 3.05) is 40.4 Å². The van der Waals surface area contributed by atoms with Crippen molar-refractivity contribution in [1.82, 2.24) is 15.5 Å². The van der Waals surface area contributed by atoms with Crippen LogP contribution in [0.1, 0.15) is 69.8 Å². The van der Waals surface area contributed by atoms with Crippen molar-refractivity contribution in [1.29, 1.82) is 0 Å². The zero-order chi connectivity index (χ0) is 26.8. The van der Waals surface area contributed by atoms with E-state index in [1.807, 2.05) is 7.05 Å². The van der Waals surface area contributed by atoms with E-state index in [0.717, 1.165) is 32.1 Å². The normalized spacial score (nSPS) is 24.9. The van der Waals surface area contributed by atoms with Gasteiger partial charge in [0.25, 0.3) is 0 Å². The predicted octanol–water partition coefficient (Wildman–Crippen LogP) is 5.41. The number of nitrogens with one attached hydrogen (secondary N) is 2. The van der Waals surface area contributed by atoms with Gasteiger partial charge in [0.1, 0.15) is 12.0 Å². The molecule has 0 aromatic heterocycles. The third-order valence-corrected chi connectivity index (χ3v) is 8.42. The standard InChI is InChI=1S/C28H44ClF2N3O3/c1-32-18-23(17-20-10-12-22(30)13-11-20)33-27(35)34-15-6-7-21(19-34)28(36,14-3-4-16-37-2)24-8-5-9-25(29)26(24)31/h5,8-9,20-23,32,36H,3-4,6-7,10-19H2,1-2H3,(H,33,35)/t20-,21-,22+,23+,28+/m1/s1. The molecule has 0 unspecified atom stereocenters. The minimum Gasteiger partial charge on any atom is -0.385 e. The highest BCUT2D eigenvalue weighted by molar-refractivity contribution is 6.30. The number of rotatable bonds is 12. The van der Waals surface area contributed by atoms with Gasteiger partial charge in [0.2, 0.25) is 0 Å². The lowest BCUT2D eigenvalue weighted by molar-refractivity contribution is -0.0587. The summed E-state index contributed by atoms with van der Waals surface area (Å²) in [6.45, 7) is 2.11. The number of amides is 2. The smallest absolute Gasteiger partial charge is 0.317 e. The summed E-state index contributed by atoms with van der Waals surface area (Å²) in [7, 11) is 3.49. The van der Waals surface area contributed by atoms with Crippen molar-refractivity contribution in [3.05, 3.63) is 34.6 Å². The Balaban J connectivity index is 1.70. The Hall–Kier alpha value is -1.48. The average molecular weight is 544 g/mol. The van der Waals surface area contributed by atoms with Crippen LogP contribution in [-0.2, 0) is 10.3 Å². The monoisotopic (exact) mass is 543 g/mol. The number of piperidine rings is 1. The largest absolute Gasteiger partial charge is 0.385 e. The Morgan fingerprint density at radius 1 is 1.27 bits per heavy atom. The fraction of sp³-hybridized carbons (Fsp3) is 0.750. The SMILES string of the molecule is CNC[C@H](C[C@H]1CC[C@@H](F)CC1)NC(=O)N1CCC[C@@H]([C@@](O)(CCCCOC)c2cccc(Cl)c2F)C1. The van der Waals surface area contributed by atoms with Gasteiger partial charge in [0, 0.05) is 50.9 Å². The number of unbranched alkanes of at least 4 members (excludes halogenated alkanes) is 1. The van der Waals surface area contributed by atoms with E-state index in [1.165, 1.54) is 6.07 Å². The number of likely N-dealkylation sites (N-methyl/N-ethyl adjacent to an activating group) is 1. The molecule has 1 aromatic rings. The molecular formula is C28H44ClF2N3O3. The quantitative estimate of drug-likeness (QED) is 0.308. The summed E-state index contributed by atoms with van der Waals surface area (Å²) >= 11 is 6.09. The molecule has 3 N–H and O–H groups in total. The number of benzene rings is 1. The molecule has 2 aliphatic rings. The summed E-state index contributed by atoms with van der Waals surface area (Å²) in [5, 5.41) is 18.3. The van der Waals surface area contributed by atoms with Crippen molar-refractivity contribution in [2.45, 2.75) is 82.0 Å². The van der Waals surface area contributed by atoms with Crippen LogP contribution in [0.3, 0.4) is 0 Å². The number of aliphatic hydroxyl groups is 1. The average Bonchev–Trinajstić information content (AvgIpc) is 2.89. The fourth-order valence-electron chi connectivity index (χ4n) is 6.05. The van der Waals surface area contributed by atoms with Gasteiger partial charge < -0.3 is 25.4 Å². The number of carbonyl (C=O) groups is 1. The zero-order valence-electron chi connectivity index (χ0n) is 22.3. The number of carbonyl (C=O) groups excluding carboxylic acids is 1. The topological polar surface area (TPSA) is 73.8 Å². The van der Waals surface area contributed by atoms with Gasteiger partial charge in [-0.15, -0.1) is 0 Å². The number of hydrogen-bond donors (Lipinski definition) is 3. The summed E-state index contributed by atoms with van der Waals surface area (Å²) in [5.41, 5.74) is -1.25. The minimum atomic E-state index is -1.45. The van der Waals surface area contributed by atoms with Crippen molar-refractivity contribution in [3.63, 3.8) is 0 Å². The van der Waals surface area contributed by atoms with E-state index in [9.17, 15) is 14.3 Å². The van der Waals surface area contributed by atoms with E-state index in [0.29, 0.717) is 64.3 Å². The van der Waals surface area contributed by atoms with Gasteiger partial charge in [0.15, 0.2) is 0 Å². The number of urea groups is 1. The molecule has 3 atom stereocenters.